The second-order valence-electron chi connectivity index (χ2n) is 4.77. The molecule has 1 rings (SSSR count). The van der Waals surface area contributed by atoms with Gasteiger partial charge in [0.1, 0.15) is 6.10 Å². The third-order valence-corrected chi connectivity index (χ3v) is 2.91. The third kappa shape index (κ3) is 4.89. The first-order chi connectivity index (χ1) is 8.91. The van der Waals surface area contributed by atoms with Gasteiger partial charge in [0.25, 0.3) is 0 Å². The number of carbonyl (C=O) groups is 1. The van der Waals surface area contributed by atoms with Crippen LogP contribution in [0.3, 0.4) is 0 Å². The Morgan fingerprint density at radius 3 is 2.63 bits per heavy atom. The van der Waals surface area contributed by atoms with E-state index in [1.165, 1.54) is 6.92 Å². The molecule has 5 heteroatoms. The van der Waals surface area contributed by atoms with Crippen molar-refractivity contribution in [3.63, 3.8) is 0 Å². The predicted octanol–water partition coefficient (Wildman–Crippen LogP) is 0.673. The molecule has 0 aliphatic carbocycles. The molecule has 0 bridgehead atoms. The lowest BCUT2D eigenvalue weighted by Gasteiger charge is -2.20. The number of hydrogen-bond donors (Lipinski definition) is 3. The van der Waals surface area contributed by atoms with Crippen molar-refractivity contribution in [2.24, 2.45) is 0 Å². The van der Waals surface area contributed by atoms with Crippen LogP contribution in [0.5, 0.6) is 0 Å². The zero-order valence-electron chi connectivity index (χ0n) is 11.6. The molecule has 0 saturated heterocycles. The summed E-state index contributed by atoms with van der Waals surface area (Å²) < 4.78 is 0. The highest BCUT2D eigenvalue weighted by Crippen LogP contribution is 2.22. The summed E-state index contributed by atoms with van der Waals surface area (Å²) in [6, 6.07) is 7.39. The van der Waals surface area contributed by atoms with Gasteiger partial charge < -0.3 is 20.4 Å². The Morgan fingerprint density at radius 1 is 1.37 bits per heavy atom. The summed E-state index contributed by atoms with van der Waals surface area (Å²) in [5, 5.41) is 22.6. The fraction of sp³-hybridized carbons (Fsp3) is 0.500. The summed E-state index contributed by atoms with van der Waals surface area (Å²) in [6.07, 6.45) is -1.54. The summed E-state index contributed by atoms with van der Waals surface area (Å²) in [7, 11) is 3.83. The molecule has 0 radical (unpaired) electrons. The van der Waals surface area contributed by atoms with Crippen LogP contribution in [0, 0.1) is 0 Å². The molecule has 0 heterocycles. The van der Waals surface area contributed by atoms with Gasteiger partial charge in [0, 0.05) is 33.3 Å². The van der Waals surface area contributed by atoms with Gasteiger partial charge in [0.05, 0.1) is 6.10 Å². The third-order valence-electron chi connectivity index (χ3n) is 2.91. The van der Waals surface area contributed by atoms with Crippen molar-refractivity contribution in [1.82, 2.24) is 5.32 Å². The molecule has 0 aromatic heterocycles. The van der Waals surface area contributed by atoms with Crippen molar-refractivity contribution in [3.05, 3.63) is 29.8 Å². The van der Waals surface area contributed by atoms with E-state index in [1.54, 1.807) is 6.07 Å². The standard InChI is InChI=1S/C14H22N2O3/c1-10(17)15-8-7-13(18)14(19)11-5-4-6-12(9-11)16(2)3/h4-6,9,13-14,18-19H,7-8H2,1-3H3,(H,15,17). The van der Waals surface area contributed by atoms with Crippen LogP contribution in [0.15, 0.2) is 24.3 Å². The lowest BCUT2D eigenvalue weighted by molar-refractivity contribution is -0.119. The minimum atomic E-state index is -0.950. The maximum absolute atomic E-state index is 10.7. The highest BCUT2D eigenvalue weighted by atomic mass is 16.3. The molecule has 3 N–H and O–H groups in total. The molecule has 19 heavy (non-hydrogen) atoms. The second kappa shape index (κ2) is 7.11. The number of aliphatic hydroxyl groups excluding tert-OH is 2. The molecule has 5 nitrogen and oxygen atoms in total. The lowest BCUT2D eigenvalue weighted by Crippen LogP contribution is -2.27. The Balaban J connectivity index is 2.63. The van der Waals surface area contributed by atoms with E-state index in [1.807, 2.05) is 37.2 Å². The number of rotatable bonds is 6. The molecular weight excluding hydrogens is 244 g/mol. The van der Waals surface area contributed by atoms with Gasteiger partial charge in [0.15, 0.2) is 0 Å². The van der Waals surface area contributed by atoms with Gasteiger partial charge in [-0.15, -0.1) is 0 Å². The largest absolute Gasteiger partial charge is 0.390 e. The number of hydrogen-bond acceptors (Lipinski definition) is 4. The lowest BCUT2D eigenvalue weighted by atomic mass is 10.0. The van der Waals surface area contributed by atoms with Gasteiger partial charge in [-0.05, 0) is 24.1 Å². The van der Waals surface area contributed by atoms with Gasteiger partial charge in [-0.1, -0.05) is 12.1 Å². The summed E-state index contributed by atoms with van der Waals surface area (Å²) in [5.74, 6) is -0.142. The maximum Gasteiger partial charge on any atom is 0.216 e. The second-order valence-corrected chi connectivity index (χ2v) is 4.77. The van der Waals surface area contributed by atoms with Crippen LogP contribution >= 0.6 is 0 Å². The van der Waals surface area contributed by atoms with E-state index in [0.717, 1.165) is 5.69 Å². The van der Waals surface area contributed by atoms with Crippen molar-refractivity contribution in [1.29, 1.82) is 0 Å². The number of nitrogens with zero attached hydrogens (tertiary/aromatic N) is 1. The molecule has 0 fully saturated rings. The molecule has 2 atom stereocenters. The highest BCUT2D eigenvalue weighted by molar-refractivity contribution is 5.72. The smallest absolute Gasteiger partial charge is 0.216 e. The van der Waals surface area contributed by atoms with Crippen molar-refractivity contribution < 1.29 is 15.0 Å². The Labute approximate surface area is 113 Å². The Hall–Kier alpha value is -1.59. The molecule has 2 unspecified atom stereocenters. The summed E-state index contributed by atoms with van der Waals surface area (Å²) in [5.41, 5.74) is 1.63. The van der Waals surface area contributed by atoms with Crippen LogP contribution in [0.2, 0.25) is 0 Å². The number of carbonyl (C=O) groups excluding carboxylic acids is 1. The first-order valence-electron chi connectivity index (χ1n) is 6.29. The number of aliphatic hydroxyl groups is 2. The molecule has 1 aromatic rings. The Bertz CT molecular complexity index is 421. The maximum atomic E-state index is 10.7. The zero-order chi connectivity index (χ0) is 14.4. The Kier molecular flexibility index (Phi) is 5.79. The molecule has 1 amide bonds. The van der Waals surface area contributed by atoms with E-state index in [-0.39, 0.29) is 5.91 Å². The average molecular weight is 266 g/mol. The minimum absolute atomic E-state index is 0.142. The van der Waals surface area contributed by atoms with Gasteiger partial charge in [-0.2, -0.15) is 0 Å². The van der Waals surface area contributed by atoms with E-state index in [2.05, 4.69) is 5.32 Å². The van der Waals surface area contributed by atoms with Gasteiger partial charge in [-0.25, -0.2) is 0 Å². The van der Waals surface area contributed by atoms with Crippen molar-refractivity contribution in [2.75, 3.05) is 25.5 Å². The molecular formula is C14H22N2O3. The first-order valence-corrected chi connectivity index (χ1v) is 6.29. The molecule has 0 aliphatic rings. The van der Waals surface area contributed by atoms with Crippen LogP contribution in [0.25, 0.3) is 0 Å². The number of anilines is 1. The predicted molar refractivity (Wildman–Crippen MR) is 75.0 cm³/mol. The number of benzene rings is 1. The normalized spacial score (nSPS) is 13.7. The molecule has 1 aromatic carbocycles. The fourth-order valence-corrected chi connectivity index (χ4v) is 1.76. The van der Waals surface area contributed by atoms with Crippen LogP contribution in [0.4, 0.5) is 5.69 Å². The summed E-state index contributed by atoms with van der Waals surface area (Å²) in [6.45, 7) is 1.77. The number of amides is 1. The van der Waals surface area contributed by atoms with E-state index in [4.69, 9.17) is 0 Å². The van der Waals surface area contributed by atoms with Crippen LogP contribution in [0.1, 0.15) is 25.0 Å². The molecule has 106 valence electrons. The van der Waals surface area contributed by atoms with E-state index in [0.29, 0.717) is 18.5 Å². The minimum Gasteiger partial charge on any atom is -0.390 e. The molecule has 0 saturated carbocycles. The van der Waals surface area contributed by atoms with E-state index < -0.39 is 12.2 Å². The van der Waals surface area contributed by atoms with Crippen LogP contribution in [-0.4, -0.2) is 42.9 Å². The van der Waals surface area contributed by atoms with E-state index in [9.17, 15) is 15.0 Å². The van der Waals surface area contributed by atoms with Gasteiger partial charge >= 0.3 is 0 Å². The van der Waals surface area contributed by atoms with Crippen LogP contribution < -0.4 is 10.2 Å². The summed E-state index contributed by atoms with van der Waals surface area (Å²) in [4.78, 5) is 12.7. The topological polar surface area (TPSA) is 72.8 Å². The van der Waals surface area contributed by atoms with Crippen LogP contribution in [-0.2, 0) is 4.79 Å². The van der Waals surface area contributed by atoms with Crippen molar-refractivity contribution in [3.8, 4) is 0 Å². The van der Waals surface area contributed by atoms with Crippen molar-refractivity contribution in [2.45, 2.75) is 25.6 Å². The van der Waals surface area contributed by atoms with Gasteiger partial charge in [0.2, 0.25) is 5.91 Å². The fourth-order valence-electron chi connectivity index (χ4n) is 1.76. The Morgan fingerprint density at radius 2 is 2.05 bits per heavy atom. The summed E-state index contributed by atoms with van der Waals surface area (Å²) >= 11 is 0. The monoisotopic (exact) mass is 266 g/mol. The zero-order valence-corrected chi connectivity index (χ0v) is 11.6. The van der Waals surface area contributed by atoms with E-state index >= 15 is 0 Å². The first kappa shape index (κ1) is 15.5. The SMILES string of the molecule is CC(=O)NCCC(O)C(O)c1cccc(N(C)C)c1. The molecule has 0 spiro atoms. The number of nitrogens with one attached hydrogen (secondary N) is 1. The quantitative estimate of drug-likeness (QED) is 0.708. The molecule has 0 aliphatic heterocycles. The van der Waals surface area contributed by atoms with Crippen molar-refractivity contribution >= 4 is 11.6 Å². The van der Waals surface area contributed by atoms with Gasteiger partial charge in [-0.3, -0.25) is 4.79 Å². The highest BCUT2D eigenvalue weighted by Gasteiger charge is 2.18. The average Bonchev–Trinajstić information content (AvgIpc) is 2.37.